The molecular formula is C16H21N5O4S. The molecule has 4 heterocycles. The van der Waals surface area contributed by atoms with Gasteiger partial charge in [-0.15, -0.1) is 0 Å². The Hall–Kier alpha value is -2.07. The van der Waals surface area contributed by atoms with Crippen molar-refractivity contribution in [3.05, 3.63) is 18.2 Å². The van der Waals surface area contributed by atoms with Crippen LogP contribution in [0.4, 0.5) is 0 Å². The monoisotopic (exact) mass is 379 g/mol. The quantitative estimate of drug-likeness (QED) is 0.760. The van der Waals surface area contributed by atoms with Crippen LogP contribution in [0.25, 0.3) is 5.78 Å². The Labute approximate surface area is 151 Å². The van der Waals surface area contributed by atoms with Crippen molar-refractivity contribution in [3.8, 4) is 0 Å². The van der Waals surface area contributed by atoms with Crippen LogP contribution in [0.15, 0.2) is 17.4 Å². The Morgan fingerprint density at radius 1 is 1.27 bits per heavy atom. The van der Waals surface area contributed by atoms with Crippen LogP contribution in [0.3, 0.4) is 0 Å². The highest BCUT2D eigenvalue weighted by Gasteiger charge is 2.34. The first-order valence-corrected chi connectivity index (χ1v) is 10.6. The zero-order chi connectivity index (χ0) is 18.3. The second-order valence-electron chi connectivity index (χ2n) is 6.88. The van der Waals surface area contributed by atoms with Gasteiger partial charge in [0.05, 0.1) is 11.9 Å². The number of carbonyl (C=O) groups excluding carboxylic acids is 1. The Morgan fingerprint density at radius 2 is 2.12 bits per heavy atom. The van der Waals surface area contributed by atoms with E-state index in [2.05, 4.69) is 15.1 Å². The normalized spacial score (nSPS) is 24.3. The van der Waals surface area contributed by atoms with E-state index in [1.807, 2.05) is 0 Å². The molecule has 4 rings (SSSR count). The van der Waals surface area contributed by atoms with Crippen molar-refractivity contribution in [3.63, 3.8) is 0 Å². The maximum atomic E-state index is 12.7. The summed E-state index contributed by atoms with van der Waals surface area (Å²) in [6, 6.07) is 0. The predicted octanol–water partition coefficient (Wildman–Crippen LogP) is 0.413. The van der Waals surface area contributed by atoms with Crippen molar-refractivity contribution >= 4 is 21.5 Å². The fraction of sp³-hybridized carbons (Fsp3) is 0.625. The minimum atomic E-state index is -3.48. The predicted molar refractivity (Wildman–Crippen MR) is 91.4 cm³/mol. The van der Waals surface area contributed by atoms with Crippen LogP contribution in [-0.4, -0.2) is 70.9 Å². The van der Waals surface area contributed by atoms with E-state index >= 15 is 0 Å². The molecule has 0 bridgehead atoms. The minimum absolute atomic E-state index is 0.00278. The molecule has 0 N–H and O–H groups in total. The van der Waals surface area contributed by atoms with Gasteiger partial charge in [0, 0.05) is 31.9 Å². The van der Waals surface area contributed by atoms with Crippen LogP contribution in [0, 0.1) is 0 Å². The lowest BCUT2D eigenvalue weighted by Crippen LogP contribution is -2.44. The zero-order valence-electron chi connectivity index (χ0n) is 14.5. The molecular weight excluding hydrogens is 358 g/mol. The van der Waals surface area contributed by atoms with Gasteiger partial charge in [-0.2, -0.15) is 14.6 Å². The number of hydrogen-bond acceptors (Lipinski definition) is 7. The first kappa shape index (κ1) is 17.3. The first-order chi connectivity index (χ1) is 12.4. The number of sulfone groups is 1. The van der Waals surface area contributed by atoms with Gasteiger partial charge in [-0.3, -0.25) is 4.79 Å². The molecule has 2 aliphatic heterocycles. The molecule has 0 aromatic carbocycles. The summed E-state index contributed by atoms with van der Waals surface area (Å²) in [5, 5.41) is 4.17. The van der Waals surface area contributed by atoms with Gasteiger partial charge in [0.25, 0.3) is 11.7 Å². The van der Waals surface area contributed by atoms with Crippen molar-refractivity contribution < 1.29 is 17.9 Å². The molecule has 2 saturated heterocycles. The van der Waals surface area contributed by atoms with E-state index in [-0.39, 0.29) is 22.8 Å². The van der Waals surface area contributed by atoms with Crippen LogP contribution in [0.5, 0.6) is 0 Å². The number of hydrogen-bond donors (Lipinski definition) is 0. The molecule has 2 atom stereocenters. The Balaban J connectivity index is 1.70. The van der Waals surface area contributed by atoms with Gasteiger partial charge in [-0.1, -0.05) is 0 Å². The van der Waals surface area contributed by atoms with Crippen molar-refractivity contribution in [2.24, 2.45) is 0 Å². The standard InChI is InChI=1S/C16H21N5O4S/c1-26(23,24)13-8-17-16-18-10-19-21(16)14(13)11-4-2-6-20(9-11)15(22)12-5-3-7-25-12/h8,10-12H,2-7,9H2,1H3/t11-,12+/m0/s1. The van der Waals surface area contributed by atoms with Gasteiger partial charge in [0.1, 0.15) is 17.3 Å². The highest BCUT2D eigenvalue weighted by atomic mass is 32.2. The summed E-state index contributed by atoms with van der Waals surface area (Å²) in [6.07, 6.45) is 6.71. The number of amides is 1. The summed E-state index contributed by atoms with van der Waals surface area (Å²) in [4.78, 5) is 22.8. The molecule has 2 aliphatic rings. The van der Waals surface area contributed by atoms with E-state index in [0.29, 0.717) is 31.2 Å². The maximum Gasteiger partial charge on any atom is 0.252 e. The lowest BCUT2D eigenvalue weighted by atomic mass is 9.94. The van der Waals surface area contributed by atoms with E-state index in [1.54, 1.807) is 4.90 Å². The Kier molecular flexibility index (Phi) is 4.39. The third-order valence-corrected chi connectivity index (χ3v) is 6.15. The number of piperidine rings is 1. The molecule has 0 unspecified atom stereocenters. The molecule has 0 spiro atoms. The topological polar surface area (TPSA) is 107 Å². The van der Waals surface area contributed by atoms with Crippen molar-refractivity contribution in [1.29, 1.82) is 0 Å². The van der Waals surface area contributed by atoms with Crippen LogP contribution in [0.1, 0.15) is 37.3 Å². The molecule has 26 heavy (non-hydrogen) atoms. The summed E-state index contributed by atoms with van der Waals surface area (Å²) in [7, 11) is -3.48. The van der Waals surface area contributed by atoms with Gasteiger partial charge in [-0.05, 0) is 25.7 Å². The van der Waals surface area contributed by atoms with Gasteiger partial charge in [0.15, 0.2) is 9.84 Å². The third kappa shape index (κ3) is 3.07. The summed E-state index contributed by atoms with van der Waals surface area (Å²) in [5.41, 5.74) is 0.555. The van der Waals surface area contributed by atoms with Crippen molar-refractivity contribution in [1.82, 2.24) is 24.5 Å². The zero-order valence-corrected chi connectivity index (χ0v) is 15.4. The summed E-state index contributed by atoms with van der Waals surface area (Å²) in [6.45, 7) is 1.73. The average molecular weight is 379 g/mol. The lowest BCUT2D eigenvalue weighted by molar-refractivity contribution is -0.142. The number of aromatic nitrogens is 4. The highest BCUT2D eigenvalue weighted by molar-refractivity contribution is 7.90. The molecule has 2 fully saturated rings. The van der Waals surface area contributed by atoms with Crippen LogP contribution in [-0.2, 0) is 19.4 Å². The first-order valence-electron chi connectivity index (χ1n) is 8.74. The molecule has 2 aromatic heterocycles. The average Bonchev–Trinajstić information content (AvgIpc) is 3.30. The smallest absolute Gasteiger partial charge is 0.252 e. The highest BCUT2D eigenvalue weighted by Crippen LogP contribution is 2.32. The second kappa shape index (κ2) is 6.58. The van der Waals surface area contributed by atoms with Gasteiger partial charge >= 0.3 is 0 Å². The Bertz CT molecular complexity index is 935. The third-order valence-electron chi connectivity index (χ3n) is 5.03. The minimum Gasteiger partial charge on any atom is -0.368 e. The molecule has 140 valence electrons. The molecule has 10 heteroatoms. The van der Waals surface area contributed by atoms with Crippen LogP contribution in [0.2, 0.25) is 0 Å². The number of likely N-dealkylation sites (tertiary alicyclic amines) is 1. The fourth-order valence-corrected chi connectivity index (χ4v) is 4.69. The van der Waals surface area contributed by atoms with Crippen LogP contribution < -0.4 is 0 Å². The molecule has 0 saturated carbocycles. The second-order valence-corrected chi connectivity index (χ2v) is 8.86. The number of carbonyl (C=O) groups is 1. The molecule has 2 aromatic rings. The number of fused-ring (bicyclic) bond motifs is 1. The lowest BCUT2D eigenvalue weighted by Gasteiger charge is -2.34. The summed E-state index contributed by atoms with van der Waals surface area (Å²) in [5.74, 6) is 0.206. The number of nitrogens with zero attached hydrogens (tertiary/aromatic N) is 5. The molecule has 0 radical (unpaired) electrons. The van der Waals surface area contributed by atoms with E-state index in [0.717, 1.165) is 31.9 Å². The van der Waals surface area contributed by atoms with Gasteiger partial charge in [-0.25, -0.2) is 13.4 Å². The van der Waals surface area contributed by atoms with Gasteiger partial charge in [0.2, 0.25) is 0 Å². The number of ether oxygens (including phenoxy) is 1. The van der Waals surface area contributed by atoms with Crippen LogP contribution >= 0.6 is 0 Å². The van der Waals surface area contributed by atoms with E-state index < -0.39 is 9.84 Å². The SMILES string of the molecule is CS(=O)(=O)c1cnc2ncnn2c1[C@H]1CCCN(C(=O)[C@H]2CCCO2)C1. The molecule has 9 nitrogen and oxygen atoms in total. The van der Waals surface area contributed by atoms with Crippen molar-refractivity contribution in [2.45, 2.75) is 42.6 Å². The van der Waals surface area contributed by atoms with E-state index in [1.165, 1.54) is 17.0 Å². The van der Waals surface area contributed by atoms with Crippen molar-refractivity contribution in [2.75, 3.05) is 26.0 Å². The summed E-state index contributed by atoms with van der Waals surface area (Å²) >= 11 is 0. The van der Waals surface area contributed by atoms with E-state index in [9.17, 15) is 13.2 Å². The number of rotatable bonds is 3. The maximum absolute atomic E-state index is 12.7. The Morgan fingerprint density at radius 3 is 2.85 bits per heavy atom. The van der Waals surface area contributed by atoms with E-state index in [4.69, 9.17) is 4.74 Å². The molecule has 1 amide bonds. The fourth-order valence-electron chi connectivity index (χ4n) is 3.82. The van der Waals surface area contributed by atoms with Gasteiger partial charge < -0.3 is 9.64 Å². The molecule has 0 aliphatic carbocycles. The summed E-state index contributed by atoms with van der Waals surface area (Å²) < 4.78 is 31.6. The largest absolute Gasteiger partial charge is 0.368 e.